The van der Waals surface area contributed by atoms with Crippen molar-refractivity contribution in [3.8, 4) is 0 Å². The minimum atomic E-state index is -0.252. The summed E-state index contributed by atoms with van der Waals surface area (Å²) >= 11 is 5.82. The average Bonchev–Trinajstić information content (AvgIpc) is 2.70. The normalized spacial score (nSPS) is 10.5. The van der Waals surface area contributed by atoms with Crippen molar-refractivity contribution in [1.82, 2.24) is 20.1 Å². The van der Waals surface area contributed by atoms with Crippen LogP contribution in [0.3, 0.4) is 0 Å². The van der Waals surface area contributed by atoms with Gasteiger partial charge in [0.25, 0.3) is 5.91 Å². The first-order chi connectivity index (χ1) is 8.99. The molecule has 0 aliphatic carbocycles. The maximum atomic E-state index is 11.9. The van der Waals surface area contributed by atoms with Gasteiger partial charge in [-0.25, -0.2) is 4.98 Å². The number of nitrogens with zero attached hydrogens (tertiary/aromatic N) is 3. The number of pyridine rings is 1. The number of nitrogens with one attached hydrogen (secondary N) is 1. The summed E-state index contributed by atoms with van der Waals surface area (Å²) in [7, 11) is 1.85. The number of nitrogens with two attached hydrogens (primary N) is 1. The lowest BCUT2D eigenvalue weighted by atomic mass is 10.2. The molecule has 0 bridgehead atoms. The summed E-state index contributed by atoms with van der Waals surface area (Å²) in [6.07, 6.45) is 3.12. The number of hydrogen-bond acceptors (Lipinski definition) is 4. The third-order valence-corrected chi connectivity index (χ3v) is 3.21. The molecule has 0 radical (unpaired) electrons. The molecule has 19 heavy (non-hydrogen) atoms. The highest BCUT2D eigenvalue weighted by Crippen LogP contribution is 2.16. The third-order valence-electron chi connectivity index (χ3n) is 2.91. The van der Waals surface area contributed by atoms with E-state index >= 15 is 0 Å². The SMILES string of the molecule is Cc1c(CNC(=O)c2cnc(N)c(Cl)c2)cnn1C. The fourth-order valence-electron chi connectivity index (χ4n) is 1.57. The Bertz CT molecular complexity index is 623. The second-order valence-corrected chi connectivity index (χ2v) is 4.56. The largest absolute Gasteiger partial charge is 0.382 e. The van der Waals surface area contributed by atoms with Crippen LogP contribution in [0.25, 0.3) is 0 Å². The molecule has 0 saturated heterocycles. The van der Waals surface area contributed by atoms with Crippen LogP contribution in [0.1, 0.15) is 21.6 Å². The van der Waals surface area contributed by atoms with Gasteiger partial charge in [-0.2, -0.15) is 5.10 Å². The van der Waals surface area contributed by atoms with Crippen LogP contribution in [-0.2, 0) is 13.6 Å². The Kier molecular flexibility index (Phi) is 3.71. The molecule has 0 atom stereocenters. The number of aromatic nitrogens is 3. The van der Waals surface area contributed by atoms with Crippen molar-refractivity contribution in [2.24, 2.45) is 7.05 Å². The van der Waals surface area contributed by atoms with E-state index in [1.807, 2.05) is 14.0 Å². The molecule has 3 N–H and O–H groups in total. The van der Waals surface area contributed by atoms with Crippen LogP contribution in [-0.4, -0.2) is 20.7 Å². The quantitative estimate of drug-likeness (QED) is 0.886. The predicted molar refractivity (Wildman–Crippen MR) is 72.8 cm³/mol. The summed E-state index contributed by atoms with van der Waals surface area (Å²) < 4.78 is 1.75. The Morgan fingerprint density at radius 1 is 1.53 bits per heavy atom. The van der Waals surface area contributed by atoms with Gasteiger partial charge < -0.3 is 11.1 Å². The molecule has 0 spiro atoms. The molecule has 2 aromatic heterocycles. The standard InChI is InChI=1S/C12H14ClN5O/c1-7-9(6-17-18(7)2)5-16-12(19)8-3-10(13)11(14)15-4-8/h3-4,6H,5H2,1-2H3,(H2,14,15)(H,16,19). The molecule has 0 aliphatic rings. The predicted octanol–water partition coefficient (Wildman–Crippen LogP) is 1.29. The summed E-state index contributed by atoms with van der Waals surface area (Å²) in [6.45, 7) is 2.34. The Balaban J connectivity index is 2.05. The summed E-state index contributed by atoms with van der Waals surface area (Å²) in [6, 6.07) is 1.50. The Morgan fingerprint density at radius 2 is 2.26 bits per heavy atom. The second-order valence-electron chi connectivity index (χ2n) is 4.15. The number of anilines is 1. The van der Waals surface area contributed by atoms with Crippen molar-refractivity contribution in [2.45, 2.75) is 13.5 Å². The number of rotatable bonds is 3. The minimum Gasteiger partial charge on any atom is -0.382 e. The van der Waals surface area contributed by atoms with E-state index in [-0.39, 0.29) is 16.7 Å². The second kappa shape index (κ2) is 5.27. The fourth-order valence-corrected chi connectivity index (χ4v) is 1.73. The maximum Gasteiger partial charge on any atom is 0.253 e. The molecule has 0 aliphatic heterocycles. The molecule has 0 fully saturated rings. The van der Waals surface area contributed by atoms with Gasteiger partial charge in [0.05, 0.1) is 16.8 Å². The number of aryl methyl sites for hydroxylation is 1. The molecule has 0 saturated carbocycles. The molecule has 0 aromatic carbocycles. The van der Waals surface area contributed by atoms with Gasteiger partial charge in [-0.1, -0.05) is 11.6 Å². The lowest BCUT2D eigenvalue weighted by Crippen LogP contribution is -2.23. The fraction of sp³-hybridized carbons (Fsp3) is 0.250. The van der Waals surface area contributed by atoms with Crippen molar-refractivity contribution >= 4 is 23.3 Å². The molecule has 6 nitrogen and oxygen atoms in total. The van der Waals surface area contributed by atoms with Gasteiger partial charge in [-0.05, 0) is 13.0 Å². The first kappa shape index (κ1) is 13.4. The lowest BCUT2D eigenvalue weighted by molar-refractivity contribution is 0.0950. The topological polar surface area (TPSA) is 85.8 Å². The van der Waals surface area contributed by atoms with Crippen molar-refractivity contribution in [3.63, 3.8) is 0 Å². The number of carbonyl (C=O) groups excluding carboxylic acids is 1. The van der Waals surface area contributed by atoms with Crippen molar-refractivity contribution < 1.29 is 4.79 Å². The van der Waals surface area contributed by atoms with Crippen LogP contribution in [0.2, 0.25) is 5.02 Å². The van der Waals surface area contributed by atoms with E-state index in [9.17, 15) is 4.79 Å². The van der Waals surface area contributed by atoms with Gasteiger partial charge in [0.1, 0.15) is 5.82 Å². The molecular weight excluding hydrogens is 266 g/mol. The average molecular weight is 280 g/mol. The summed E-state index contributed by atoms with van der Waals surface area (Å²) in [5.41, 5.74) is 7.84. The number of carbonyl (C=O) groups is 1. The van der Waals surface area contributed by atoms with Crippen LogP contribution >= 0.6 is 11.6 Å². The van der Waals surface area contributed by atoms with E-state index in [0.29, 0.717) is 12.1 Å². The zero-order valence-corrected chi connectivity index (χ0v) is 11.4. The Labute approximate surface area is 115 Å². The molecule has 2 heterocycles. The summed E-state index contributed by atoms with van der Waals surface area (Å²) in [5.74, 6) is -0.0426. The van der Waals surface area contributed by atoms with Crippen LogP contribution in [0.4, 0.5) is 5.82 Å². The molecule has 1 amide bonds. The zero-order valence-electron chi connectivity index (χ0n) is 10.6. The van der Waals surface area contributed by atoms with Gasteiger partial charge in [-0.15, -0.1) is 0 Å². The Hall–Kier alpha value is -2.08. The van der Waals surface area contributed by atoms with E-state index in [0.717, 1.165) is 11.3 Å². The van der Waals surface area contributed by atoms with Gasteiger partial charge in [0, 0.05) is 31.0 Å². The molecule has 2 aromatic rings. The summed E-state index contributed by atoms with van der Waals surface area (Å²) in [4.78, 5) is 15.8. The number of hydrogen-bond donors (Lipinski definition) is 2. The van der Waals surface area contributed by atoms with Gasteiger partial charge in [0.2, 0.25) is 0 Å². The van der Waals surface area contributed by atoms with Crippen LogP contribution in [0, 0.1) is 6.92 Å². The van der Waals surface area contributed by atoms with Gasteiger partial charge >= 0.3 is 0 Å². The van der Waals surface area contributed by atoms with Crippen molar-refractivity contribution in [2.75, 3.05) is 5.73 Å². The highest BCUT2D eigenvalue weighted by Gasteiger charge is 2.10. The summed E-state index contributed by atoms with van der Waals surface area (Å²) in [5, 5.41) is 7.16. The molecule has 7 heteroatoms. The van der Waals surface area contributed by atoms with Crippen LogP contribution < -0.4 is 11.1 Å². The molecule has 0 unspecified atom stereocenters. The smallest absolute Gasteiger partial charge is 0.253 e. The number of amides is 1. The van der Waals surface area contributed by atoms with Gasteiger partial charge in [0.15, 0.2) is 0 Å². The molecule has 2 rings (SSSR count). The number of nitrogen functional groups attached to an aromatic ring is 1. The van der Waals surface area contributed by atoms with Crippen molar-refractivity contribution in [1.29, 1.82) is 0 Å². The third kappa shape index (κ3) is 2.85. The number of halogens is 1. The maximum absolute atomic E-state index is 11.9. The highest BCUT2D eigenvalue weighted by atomic mass is 35.5. The zero-order chi connectivity index (χ0) is 14.0. The van der Waals surface area contributed by atoms with Crippen molar-refractivity contribution in [3.05, 3.63) is 40.3 Å². The van der Waals surface area contributed by atoms with E-state index in [1.54, 1.807) is 10.9 Å². The highest BCUT2D eigenvalue weighted by molar-refractivity contribution is 6.33. The van der Waals surface area contributed by atoms with E-state index < -0.39 is 0 Å². The van der Waals surface area contributed by atoms with E-state index in [1.165, 1.54) is 12.3 Å². The van der Waals surface area contributed by atoms with Crippen LogP contribution in [0.15, 0.2) is 18.5 Å². The first-order valence-electron chi connectivity index (χ1n) is 5.65. The molecule has 100 valence electrons. The van der Waals surface area contributed by atoms with Crippen LogP contribution in [0.5, 0.6) is 0 Å². The van der Waals surface area contributed by atoms with E-state index in [2.05, 4.69) is 15.4 Å². The van der Waals surface area contributed by atoms with Gasteiger partial charge in [-0.3, -0.25) is 9.48 Å². The lowest BCUT2D eigenvalue weighted by Gasteiger charge is -2.06. The first-order valence-corrected chi connectivity index (χ1v) is 6.03. The molecular formula is C12H14ClN5O. The van der Waals surface area contributed by atoms with E-state index in [4.69, 9.17) is 17.3 Å². The Morgan fingerprint density at radius 3 is 2.84 bits per heavy atom. The monoisotopic (exact) mass is 279 g/mol. The minimum absolute atomic E-state index is 0.210.